The van der Waals surface area contributed by atoms with E-state index in [-0.39, 0.29) is 17.9 Å². The van der Waals surface area contributed by atoms with Crippen LogP contribution in [0.5, 0.6) is 0 Å². The average Bonchev–Trinajstić information content (AvgIpc) is 2.92. The van der Waals surface area contributed by atoms with Crippen LogP contribution in [0.2, 0.25) is 0 Å². The summed E-state index contributed by atoms with van der Waals surface area (Å²) >= 11 is 0. The predicted octanol–water partition coefficient (Wildman–Crippen LogP) is 0.124. The minimum atomic E-state index is -0.447. The number of nitrogens with two attached hydrogens (primary N) is 1. The molecule has 0 aromatic carbocycles. The van der Waals surface area contributed by atoms with Crippen LogP contribution in [0.1, 0.15) is 37.3 Å². The van der Waals surface area contributed by atoms with Gasteiger partial charge in [-0.15, -0.1) is 0 Å². The second-order valence-corrected chi connectivity index (χ2v) is 6.08. The van der Waals surface area contributed by atoms with E-state index in [0.717, 1.165) is 12.8 Å². The molecule has 0 aliphatic carbocycles. The van der Waals surface area contributed by atoms with Crippen molar-refractivity contribution < 1.29 is 9.59 Å². The smallest absolute Gasteiger partial charge is 0.287 e. The molecule has 1 aliphatic rings. The standard InChI is InChI=1S/C15H25N5O2/c1-10(16)15(22)20-7-4-12(5-8-20)11(2)18-14(21)13-17-6-9-19(13)3/h6,9-12H,4-5,7-8,16H2,1-3H3,(H,18,21). The van der Waals surface area contributed by atoms with Crippen molar-refractivity contribution in [1.82, 2.24) is 19.8 Å². The van der Waals surface area contributed by atoms with Crippen LogP contribution < -0.4 is 11.1 Å². The summed E-state index contributed by atoms with van der Waals surface area (Å²) in [6.45, 7) is 5.12. The first-order valence-electron chi connectivity index (χ1n) is 7.72. The molecule has 2 amide bonds. The van der Waals surface area contributed by atoms with Crippen molar-refractivity contribution in [1.29, 1.82) is 0 Å². The van der Waals surface area contributed by atoms with Crippen LogP contribution in [0, 0.1) is 5.92 Å². The molecule has 0 radical (unpaired) electrons. The van der Waals surface area contributed by atoms with Crippen molar-refractivity contribution in [3.8, 4) is 0 Å². The van der Waals surface area contributed by atoms with Crippen molar-refractivity contribution in [3.63, 3.8) is 0 Å². The molecule has 2 heterocycles. The minimum absolute atomic E-state index is 0.00292. The molecule has 2 rings (SSSR count). The molecule has 122 valence electrons. The molecular weight excluding hydrogens is 282 g/mol. The lowest BCUT2D eigenvalue weighted by Crippen LogP contribution is -2.49. The molecule has 1 fully saturated rings. The first-order valence-corrected chi connectivity index (χ1v) is 7.72. The highest BCUT2D eigenvalue weighted by Crippen LogP contribution is 2.21. The van der Waals surface area contributed by atoms with Crippen LogP contribution >= 0.6 is 0 Å². The number of imidazole rings is 1. The number of aromatic nitrogens is 2. The van der Waals surface area contributed by atoms with Gasteiger partial charge < -0.3 is 20.5 Å². The summed E-state index contributed by atoms with van der Waals surface area (Å²) in [5.74, 6) is 0.620. The number of likely N-dealkylation sites (tertiary alicyclic amines) is 1. The molecule has 7 nitrogen and oxygen atoms in total. The van der Waals surface area contributed by atoms with Gasteiger partial charge in [-0.1, -0.05) is 0 Å². The number of aryl methyl sites for hydroxylation is 1. The van der Waals surface area contributed by atoms with E-state index in [1.807, 2.05) is 11.8 Å². The lowest BCUT2D eigenvalue weighted by atomic mass is 9.90. The third-order valence-corrected chi connectivity index (χ3v) is 4.33. The third-order valence-electron chi connectivity index (χ3n) is 4.33. The Morgan fingerprint density at radius 3 is 2.50 bits per heavy atom. The molecule has 2 unspecified atom stereocenters. The molecular formula is C15H25N5O2. The quantitative estimate of drug-likeness (QED) is 0.826. The summed E-state index contributed by atoms with van der Waals surface area (Å²) < 4.78 is 1.70. The molecule has 1 aliphatic heterocycles. The third kappa shape index (κ3) is 3.65. The van der Waals surface area contributed by atoms with Crippen LogP contribution in [0.4, 0.5) is 0 Å². The van der Waals surface area contributed by atoms with Gasteiger partial charge in [0.05, 0.1) is 6.04 Å². The highest BCUT2D eigenvalue weighted by atomic mass is 16.2. The summed E-state index contributed by atoms with van der Waals surface area (Å²) in [5.41, 5.74) is 5.64. The van der Waals surface area contributed by atoms with Gasteiger partial charge in [0.1, 0.15) is 0 Å². The summed E-state index contributed by atoms with van der Waals surface area (Å²) in [6.07, 6.45) is 5.11. The molecule has 7 heteroatoms. The Kier molecular flexibility index (Phi) is 5.18. The Balaban J connectivity index is 1.85. The van der Waals surface area contributed by atoms with Crippen LogP contribution in [0.25, 0.3) is 0 Å². The molecule has 0 spiro atoms. The first-order chi connectivity index (χ1) is 10.4. The van der Waals surface area contributed by atoms with Gasteiger partial charge in [0.15, 0.2) is 5.82 Å². The number of hydrogen-bond donors (Lipinski definition) is 2. The van der Waals surface area contributed by atoms with Gasteiger partial charge in [-0.3, -0.25) is 9.59 Å². The summed E-state index contributed by atoms with van der Waals surface area (Å²) in [7, 11) is 1.80. The number of amides is 2. The topological polar surface area (TPSA) is 93.2 Å². The van der Waals surface area contributed by atoms with Gasteiger partial charge in [-0.2, -0.15) is 0 Å². The molecule has 1 aromatic rings. The largest absolute Gasteiger partial charge is 0.347 e. The zero-order valence-electron chi connectivity index (χ0n) is 13.5. The van der Waals surface area contributed by atoms with E-state index >= 15 is 0 Å². The monoisotopic (exact) mass is 307 g/mol. The van der Waals surface area contributed by atoms with Gasteiger partial charge in [-0.25, -0.2) is 4.98 Å². The fraction of sp³-hybridized carbons (Fsp3) is 0.667. The number of carbonyl (C=O) groups is 2. The van der Waals surface area contributed by atoms with Crippen LogP contribution in [-0.2, 0) is 11.8 Å². The van der Waals surface area contributed by atoms with E-state index in [9.17, 15) is 9.59 Å². The van der Waals surface area contributed by atoms with Crippen molar-refractivity contribution in [2.45, 2.75) is 38.8 Å². The summed E-state index contributed by atoms with van der Waals surface area (Å²) in [6, 6.07) is -0.395. The summed E-state index contributed by atoms with van der Waals surface area (Å²) in [4.78, 5) is 29.9. The minimum Gasteiger partial charge on any atom is -0.347 e. The van der Waals surface area contributed by atoms with E-state index in [4.69, 9.17) is 5.73 Å². The van der Waals surface area contributed by atoms with Crippen molar-refractivity contribution in [2.75, 3.05) is 13.1 Å². The second kappa shape index (κ2) is 6.91. The maximum atomic E-state index is 12.2. The lowest BCUT2D eigenvalue weighted by molar-refractivity contribution is -0.133. The van der Waals surface area contributed by atoms with Gasteiger partial charge in [0.2, 0.25) is 5.91 Å². The molecule has 1 saturated heterocycles. The van der Waals surface area contributed by atoms with E-state index < -0.39 is 6.04 Å². The fourth-order valence-electron chi connectivity index (χ4n) is 2.88. The molecule has 0 saturated carbocycles. The molecule has 22 heavy (non-hydrogen) atoms. The van der Waals surface area contributed by atoms with Crippen molar-refractivity contribution >= 4 is 11.8 Å². The molecule has 1 aromatic heterocycles. The maximum Gasteiger partial charge on any atom is 0.287 e. The van der Waals surface area contributed by atoms with Crippen LogP contribution in [0.3, 0.4) is 0 Å². The van der Waals surface area contributed by atoms with Gasteiger partial charge in [-0.05, 0) is 32.6 Å². The van der Waals surface area contributed by atoms with Gasteiger partial charge in [0.25, 0.3) is 5.91 Å². The lowest BCUT2D eigenvalue weighted by Gasteiger charge is -2.35. The van der Waals surface area contributed by atoms with E-state index in [2.05, 4.69) is 10.3 Å². The SMILES string of the molecule is CC(N)C(=O)N1CCC(C(C)NC(=O)c2nccn2C)CC1. The Hall–Kier alpha value is -1.89. The van der Waals surface area contributed by atoms with E-state index in [0.29, 0.717) is 24.8 Å². The zero-order valence-corrected chi connectivity index (χ0v) is 13.5. The Morgan fingerprint density at radius 2 is 2.00 bits per heavy atom. The Bertz CT molecular complexity index is 532. The first kappa shape index (κ1) is 16.5. The number of nitrogens with zero attached hydrogens (tertiary/aromatic N) is 3. The highest BCUT2D eigenvalue weighted by molar-refractivity contribution is 5.90. The van der Waals surface area contributed by atoms with Crippen LogP contribution in [0.15, 0.2) is 12.4 Å². The molecule has 0 bridgehead atoms. The number of carbonyl (C=O) groups excluding carboxylic acids is 2. The molecule has 3 N–H and O–H groups in total. The number of nitrogens with one attached hydrogen (secondary N) is 1. The summed E-state index contributed by atoms with van der Waals surface area (Å²) in [5, 5.41) is 3.01. The number of rotatable bonds is 4. The Morgan fingerprint density at radius 1 is 1.36 bits per heavy atom. The molecule has 2 atom stereocenters. The van der Waals surface area contributed by atoms with E-state index in [1.54, 1.807) is 30.9 Å². The van der Waals surface area contributed by atoms with Crippen molar-refractivity contribution in [2.24, 2.45) is 18.7 Å². The van der Waals surface area contributed by atoms with Crippen molar-refractivity contribution in [3.05, 3.63) is 18.2 Å². The zero-order chi connectivity index (χ0) is 16.3. The predicted molar refractivity (Wildman–Crippen MR) is 83.1 cm³/mol. The van der Waals surface area contributed by atoms with E-state index in [1.165, 1.54) is 0 Å². The van der Waals surface area contributed by atoms with Gasteiger partial charge >= 0.3 is 0 Å². The fourth-order valence-corrected chi connectivity index (χ4v) is 2.88. The average molecular weight is 307 g/mol. The number of piperidine rings is 1. The second-order valence-electron chi connectivity index (χ2n) is 6.08. The van der Waals surface area contributed by atoms with Crippen LogP contribution in [-0.4, -0.2) is 51.4 Å². The maximum absolute atomic E-state index is 12.2. The normalized spacial score (nSPS) is 18.8. The Labute approximate surface area is 130 Å². The highest BCUT2D eigenvalue weighted by Gasteiger charge is 2.28. The van der Waals surface area contributed by atoms with Gasteiger partial charge in [0, 0.05) is 38.6 Å². The number of hydrogen-bond acceptors (Lipinski definition) is 4.